The van der Waals surface area contributed by atoms with Gasteiger partial charge in [0.1, 0.15) is 6.07 Å². The van der Waals surface area contributed by atoms with Crippen molar-refractivity contribution in [3.8, 4) is 17.2 Å². The Bertz CT molecular complexity index is 462. The van der Waals surface area contributed by atoms with Gasteiger partial charge >= 0.3 is 0 Å². The number of nitrogens with zero attached hydrogens (tertiary/aromatic N) is 3. The lowest BCUT2D eigenvalue weighted by Gasteiger charge is -1.90. The zero-order valence-electron chi connectivity index (χ0n) is 7.77. The topological polar surface area (TPSA) is 41.6 Å². The predicted molar refractivity (Wildman–Crippen MR) is 55.9 cm³/mol. The highest BCUT2D eigenvalue weighted by atomic mass is 32.1. The lowest BCUT2D eigenvalue weighted by molar-refractivity contribution is 0.657. The van der Waals surface area contributed by atoms with Gasteiger partial charge in [-0.15, -0.1) is 0 Å². The molecule has 0 atom stereocenters. The number of hydrogen-bond acceptors (Lipinski definition) is 3. The molecule has 0 aromatic carbocycles. The summed E-state index contributed by atoms with van der Waals surface area (Å²) >= 11 is 1.62. The Labute approximate surface area is 86.2 Å². The van der Waals surface area contributed by atoms with Crippen molar-refractivity contribution >= 4 is 11.3 Å². The monoisotopic (exact) mass is 203 g/mol. The summed E-state index contributed by atoms with van der Waals surface area (Å²) in [5.74, 6) is 0. The Morgan fingerprint density at radius 3 is 3.07 bits per heavy atom. The quantitative estimate of drug-likeness (QED) is 0.752. The summed E-state index contributed by atoms with van der Waals surface area (Å²) in [5.41, 5.74) is 2.51. The third kappa shape index (κ3) is 1.42. The van der Waals surface area contributed by atoms with Crippen LogP contribution in [0.2, 0.25) is 0 Å². The Balaban J connectivity index is 2.53. The number of rotatable bonds is 2. The van der Waals surface area contributed by atoms with Crippen LogP contribution in [0.3, 0.4) is 0 Å². The fourth-order valence-corrected chi connectivity index (χ4v) is 1.95. The molecule has 4 heteroatoms. The summed E-state index contributed by atoms with van der Waals surface area (Å²) in [4.78, 5) is 0. The van der Waals surface area contributed by atoms with Crippen molar-refractivity contribution in [2.24, 2.45) is 0 Å². The lowest BCUT2D eigenvalue weighted by Crippen LogP contribution is -1.93. The van der Waals surface area contributed by atoms with Crippen LogP contribution in [0.25, 0.3) is 11.1 Å². The molecule has 2 rings (SSSR count). The fourth-order valence-electron chi connectivity index (χ4n) is 1.29. The average Bonchev–Trinajstić information content (AvgIpc) is 2.85. The Kier molecular flexibility index (Phi) is 2.33. The number of thiophene rings is 1. The van der Waals surface area contributed by atoms with Crippen molar-refractivity contribution in [1.82, 2.24) is 9.78 Å². The van der Waals surface area contributed by atoms with Gasteiger partial charge in [-0.25, -0.2) is 0 Å². The normalized spacial score (nSPS) is 10.0. The molecule has 0 radical (unpaired) electrons. The first-order valence-electron chi connectivity index (χ1n) is 4.35. The van der Waals surface area contributed by atoms with Crippen LogP contribution in [0.15, 0.2) is 23.0 Å². The van der Waals surface area contributed by atoms with Gasteiger partial charge < -0.3 is 0 Å². The summed E-state index contributed by atoms with van der Waals surface area (Å²) in [6.45, 7) is 2.80. The van der Waals surface area contributed by atoms with E-state index in [-0.39, 0.29) is 0 Å². The molecule has 0 bridgehead atoms. The molecule has 2 heterocycles. The van der Waals surface area contributed by atoms with Crippen LogP contribution in [0, 0.1) is 11.3 Å². The third-order valence-electron chi connectivity index (χ3n) is 2.02. The minimum Gasteiger partial charge on any atom is -0.271 e. The van der Waals surface area contributed by atoms with Crippen molar-refractivity contribution in [2.45, 2.75) is 13.5 Å². The molecule has 70 valence electrons. The minimum atomic E-state index is 0.505. The summed E-state index contributed by atoms with van der Waals surface area (Å²) in [5, 5.41) is 17.1. The average molecular weight is 203 g/mol. The standard InChI is InChI=1S/C10H9N3S/c1-2-13-6-9(10(5-11)12-13)8-3-4-14-7-8/h3-4,6-7H,2H2,1H3. The van der Waals surface area contributed by atoms with Gasteiger partial charge in [-0.3, -0.25) is 4.68 Å². The third-order valence-corrected chi connectivity index (χ3v) is 2.71. The van der Waals surface area contributed by atoms with Crippen LogP contribution >= 0.6 is 11.3 Å². The molecule has 14 heavy (non-hydrogen) atoms. The maximum atomic E-state index is 8.90. The SMILES string of the molecule is CCn1cc(-c2ccsc2)c(C#N)n1. The van der Waals surface area contributed by atoms with E-state index in [2.05, 4.69) is 11.2 Å². The minimum absolute atomic E-state index is 0.505. The number of nitriles is 1. The van der Waals surface area contributed by atoms with Gasteiger partial charge in [0.2, 0.25) is 0 Å². The molecule has 0 unspecified atom stereocenters. The largest absolute Gasteiger partial charge is 0.271 e. The van der Waals surface area contributed by atoms with E-state index in [9.17, 15) is 0 Å². The van der Waals surface area contributed by atoms with E-state index < -0.39 is 0 Å². The van der Waals surface area contributed by atoms with Crippen LogP contribution < -0.4 is 0 Å². The summed E-state index contributed by atoms with van der Waals surface area (Å²) in [7, 11) is 0. The molecule has 2 aromatic heterocycles. The van der Waals surface area contributed by atoms with Crippen LogP contribution in [0.5, 0.6) is 0 Å². The van der Waals surface area contributed by atoms with E-state index in [1.807, 2.05) is 29.9 Å². The highest BCUT2D eigenvalue weighted by Crippen LogP contribution is 2.24. The molecule has 0 aliphatic carbocycles. The van der Waals surface area contributed by atoms with E-state index >= 15 is 0 Å². The van der Waals surface area contributed by atoms with Gasteiger partial charge in [0.15, 0.2) is 5.69 Å². The summed E-state index contributed by atoms with van der Waals surface area (Å²) in [6, 6.07) is 4.11. The van der Waals surface area contributed by atoms with E-state index in [0.717, 1.165) is 17.7 Å². The van der Waals surface area contributed by atoms with Crippen molar-refractivity contribution in [3.63, 3.8) is 0 Å². The molecule has 3 nitrogen and oxygen atoms in total. The van der Waals surface area contributed by atoms with E-state index in [4.69, 9.17) is 5.26 Å². The first-order valence-corrected chi connectivity index (χ1v) is 5.29. The van der Waals surface area contributed by atoms with Gasteiger partial charge in [-0.05, 0) is 29.3 Å². The second-order valence-electron chi connectivity index (χ2n) is 2.87. The molecule has 2 aromatic rings. The number of hydrogen-bond donors (Lipinski definition) is 0. The molecule has 0 N–H and O–H groups in total. The number of aryl methyl sites for hydroxylation is 1. The maximum absolute atomic E-state index is 8.90. The van der Waals surface area contributed by atoms with Crippen LogP contribution in [0.1, 0.15) is 12.6 Å². The Morgan fingerprint density at radius 1 is 1.64 bits per heavy atom. The van der Waals surface area contributed by atoms with Gasteiger partial charge in [0.05, 0.1) is 0 Å². The molecule has 0 fully saturated rings. The molecule has 0 saturated heterocycles. The van der Waals surface area contributed by atoms with Crippen molar-refractivity contribution in [1.29, 1.82) is 5.26 Å². The molecule has 0 aliphatic heterocycles. The van der Waals surface area contributed by atoms with E-state index in [1.54, 1.807) is 16.0 Å². The van der Waals surface area contributed by atoms with Crippen LogP contribution in [0.4, 0.5) is 0 Å². The van der Waals surface area contributed by atoms with Crippen molar-refractivity contribution in [2.75, 3.05) is 0 Å². The highest BCUT2D eigenvalue weighted by Gasteiger charge is 2.09. The first-order chi connectivity index (χ1) is 6.85. The Hall–Kier alpha value is -1.60. The lowest BCUT2D eigenvalue weighted by atomic mass is 10.1. The molecule has 0 amide bonds. The Morgan fingerprint density at radius 2 is 2.50 bits per heavy atom. The van der Waals surface area contributed by atoms with E-state index in [0.29, 0.717) is 5.69 Å². The molecule has 0 aliphatic rings. The van der Waals surface area contributed by atoms with Crippen molar-refractivity contribution < 1.29 is 0 Å². The fraction of sp³-hybridized carbons (Fsp3) is 0.200. The highest BCUT2D eigenvalue weighted by molar-refractivity contribution is 7.08. The summed E-state index contributed by atoms with van der Waals surface area (Å²) in [6.07, 6.45) is 1.92. The zero-order chi connectivity index (χ0) is 9.97. The molecular weight excluding hydrogens is 194 g/mol. The molecule has 0 saturated carbocycles. The second kappa shape index (κ2) is 3.64. The first kappa shape index (κ1) is 8.97. The zero-order valence-corrected chi connectivity index (χ0v) is 8.58. The van der Waals surface area contributed by atoms with Crippen LogP contribution in [-0.4, -0.2) is 9.78 Å². The predicted octanol–water partition coefficient (Wildman–Crippen LogP) is 2.50. The number of aromatic nitrogens is 2. The second-order valence-corrected chi connectivity index (χ2v) is 3.65. The molecular formula is C10H9N3S. The van der Waals surface area contributed by atoms with Gasteiger partial charge in [0, 0.05) is 18.3 Å². The van der Waals surface area contributed by atoms with Crippen LogP contribution in [-0.2, 0) is 6.54 Å². The smallest absolute Gasteiger partial charge is 0.170 e. The maximum Gasteiger partial charge on any atom is 0.170 e. The van der Waals surface area contributed by atoms with Gasteiger partial charge in [0.25, 0.3) is 0 Å². The summed E-state index contributed by atoms with van der Waals surface area (Å²) < 4.78 is 1.78. The molecule has 0 spiro atoms. The van der Waals surface area contributed by atoms with E-state index in [1.165, 1.54) is 0 Å². The van der Waals surface area contributed by atoms with Gasteiger partial charge in [-0.2, -0.15) is 21.7 Å². The van der Waals surface area contributed by atoms with Crippen molar-refractivity contribution in [3.05, 3.63) is 28.7 Å². The van der Waals surface area contributed by atoms with Gasteiger partial charge in [-0.1, -0.05) is 0 Å².